The third-order valence-electron chi connectivity index (χ3n) is 5.95. The molecule has 0 radical (unpaired) electrons. The van der Waals surface area contributed by atoms with Gasteiger partial charge in [-0.2, -0.15) is 0 Å². The van der Waals surface area contributed by atoms with Gasteiger partial charge in [0.1, 0.15) is 29.7 Å². The predicted molar refractivity (Wildman–Crippen MR) is 137 cm³/mol. The maximum Gasteiger partial charge on any atom is 0.255 e. The van der Waals surface area contributed by atoms with Gasteiger partial charge >= 0.3 is 0 Å². The van der Waals surface area contributed by atoms with Crippen molar-refractivity contribution in [3.05, 3.63) is 89.5 Å². The molecule has 5 rings (SSSR count). The lowest BCUT2D eigenvalue weighted by atomic mass is 10.1. The summed E-state index contributed by atoms with van der Waals surface area (Å²) < 4.78 is 16.6. The molecule has 37 heavy (non-hydrogen) atoms. The number of methoxy groups -OCH3 is 1. The summed E-state index contributed by atoms with van der Waals surface area (Å²) in [5.41, 5.74) is 5.15. The van der Waals surface area contributed by atoms with Gasteiger partial charge in [-0.3, -0.25) is 15.0 Å². The fourth-order valence-corrected chi connectivity index (χ4v) is 3.75. The zero-order valence-electron chi connectivity index (χ0n) is 20.7. The first-order chi connectivity index (χ1) is 18.0. The number of carbonyl (C=O) groups excluding carboxylic acids is 2. The number of carbonyl (C=O) groups is 2. The Morgan fingerprint density at radius 1 is 1.05 bits per heavy atom. The lowest BCUT2D eigenvalue weighted by Crippen LogP contribution is -2.37. The van der Waals surface area contributed by atoms with Crippen LogP contribution in [0.4, 0.5) is 5.69 Å². The summed E-state index contributed by atoms with van der Waals surface area (Å²) in [7, 11) is 1.61. The highest BCUT2D eigenvalue weighted by atomic mass is 16.5. The molecule has 2 amide bonds. The van der Waals surface area contributed by atoms with E-state index in [0.717, 1.165) is 24.2 Å². The van der Waals surface area contributed by atoms with E-state index in [1.54, 1.807) is 54.7 Å². The van der Waals surface area contributed by atoms with Gasteiger partial charge in [-0.25, -0.2) is 5.01 Å². The van der Waals surface area contributed by atoms with Crippen molar-refractivity contribution in [1.82, 2.24) is 21.1 Å². The maximum absolute atomic E-state index is 12.9. The van der Waals surface area contributed by atoms with Crippen molar-refractivity contribution in [2.45, 2.75) is 19.8 Å². The Kier molecular flexibility index (Phi) is 7.00. The lowest BCUT2D eigenvalue weighted by molar-refractivity contribution is -0.121. The minimum absolute atomic E-state index is 0.0307. The van der Waals surface area contributed by atoms with E-state index in [1.807, 2.05) is 25.1 Å². The highest BCUT2D eigenvalue weighted by Gasteiger charge is 2.31. The first kappa shape index (κ1) is 24.3. The summed E-state index contributed by atoms with van der Waals surface area (Å²) in [6.45, 7) is 2.78. The van der Waals surface area contributed by atoms with Crippen molar-refractivity contribution in [3.8, 4) is 11.5 Å². The van der Waals surface area contributed by atoms with Gasteiger partial charge in [-0.1, -0.05) is 12.1 Å². The normalized spacial score (nSPS) is 15.8. The monoisotopic (exact) mass is 503 g/mol. The fourth-order valence-electron chi connectivity index (χ4n) is 3.75. The number of aryl methyl sites for hydroxylation is 1. The van der Waals surface area contributed by atoms with Gasteiger partial charge in [0.05, 0.1) is 12.8 Å². The average Bonchev–Trinajstić information content (AvgIpc) is 3.67. The van der Waals surface area contributed by atoms with Gasteiger partial charge in [0.2, 0.25) is 11.8 Å². The van der Waals surface area contributed by atoms with Crippen LogP contribution in [0.1, 0.15) is 28.8 Å². The molecule has 10 heteroatoms. The maximum atomic E-state index is 12.9. The molecular weight excluding hydrogens is 474 g/mol. The molecule has 0 spiro atoms. The molecule has 0 bridgehead atoms. The van der Waals surface area contributed by atoms with E-state index in [9.17, 15) is 9.59 Å². The van der Waals surface area contributed by atoms with Crippen molar-refractivity contribution < 1.29 is 23.8 Å². The molecule has 3 aliphatic rings. The molecule has 0 atom stereocenters. The van der Waals surface area contributed by atoms with Crippen LogP contribution in [-0.4, -0.2) is 37.1 Å². The van der Waals surface area contributed by atoms with Gasteiger partial charge in [0.15, 0.2) is 0 Å². The Hall–Kier alpha value is -4.44. The predicted octanol–water partition coefficient (Wildman–Crippen LogP) is 3.08. The van der Waals surface area contributed by atoms with Gasteiger partial charge in [-0.15, -0.1) is 0 Å². The summed E-state index contributed by atoms with van der Waals surface area (Å²) in [4.78, 5) is 25.0. The minimum atomic E-state index is -0.255. The molecule has 0 aromatic heterocycles. The Balaban J connectivity index is 1.21. The minimum Gasteiger partial charge on any atom is -0.491 e. The van der Waals surface area contributed by atoms with Crippen LogP contribution in [0, 0.1) is 12.8 Å². The number of hydrogen-bond donors (Lipinski definition) is 4. The van der Waals surface area contributed by atoms with Crippen LogP contribution in [0.2, 0.25) is 0 Å². The topological polar surface area (TPSA) is 113 Å². The number of rotatable bonds is 10. The first-order valence-corrected chi connectivity index (χ1v) is 12.1. The third-order valence-corrected chi connectivity index (χ3v) is 5.95. The van der Waals surface area contributed by atoms with Crippen LogP contribution in [0.15, 0.2) is 78.3 Å². The summed E-state index contributed by atoms with van der Waals surface area (Å²) in [6, 6.07) is 12.5. The van der Waals surface area contributed by atoms with Crippen molar-refractivity contribution >= 4 is 17.5 Å². The van der Waals surface area contributed by atoms with Gasteiger partial charge < -0.3 is 30.2 Å². The molecule has 0 saturated heterocycles. The van der Waals surface area contributed by atoms with Crippen molar-refractivity contribution in [1.29, 1.82) is 0 Å². The summed E-state index contributed by atoms with van der Waals surface area (Å²) in [6.07, 6.45) is 7.27. The van der Waals surface area contributed by atoms with E-state index >= 15 is 0 Å². The smallest absolute Gasteiger partial charge is 0.255 e. The highest BCUT2D eigenvalue weighted by molar-refractivity contribution is 6.05. The summed E-state index contributed by atoms with van der Waals surface area (Å²) in [5.74, 6) is 2.90. The molecule has 4 N–H and O–H groups in total. The Bertz CT molecular complexity index is 1300. The van der Waals surface area contributed by atoms with E-state index in [1.165, 1.54) is 0 Å². The Morgan fingerprint density at radius 2 is 1.92 bits per heavy atom. The van der Waals surface area contributed by atoms with Crippen LogP contribution in [0.5, 0.6) is 11.5 Å². The molecule has 1 fully saturated rings. The zero-order chi connectivity index (χ0) is 25.8. The summed E-state index contributed by atoms with van der Waals surface area (Å²) in [5, 5.41) is 10.7. The Morgan fingerprint density at radius 3 is 2.73 bits per heavy atom. The quantitative estimate of drug-likeness (QED) is 0.366. The standard InChI is InChI=1S/C27H29N5O5/c1-17-6-9-21(15-22(17)28-27(34)19-4-3-5-20(14-19)36-13-12-35-2)37-25-11-10-24-29-23(16-32(24)31-25)30-26(33)18-7-8-18/h3-6,9-11,14-16,18,29,31H,7-8,12-13H2,1-2H3,(H,28,34)(H,30,33). The number of anilines is 1. The third kappa shape index (κ3) is 6.04. The fraction of sp³-hybridized carbons (Fsp3) is 0.259. The number of hydrazine groups is 1. The molecule has 2 aliphatic heterocycles. The Labute approximate surface area is 214 Å². The molecule has 10 nitrogen and oxygen atoms in total. The SMILES string of the molecule is COCCOc1cccc(C(=O)Nc2cc(OC3=CC=C4NC(NC(=O)C5CC5)=CN4N3)ccc2C)c1. The first-order valence-electron chi connectivity index (χ1n) is 12.1. The highest BCUT2D eigenvalue weighted by Crippen LogP contribution is 2.29. The van der Waals surface area contributed by atoms with Gasteiger partial charge in [0, 0.05) is 36.4 Å². The number of ether oxygens (including phenoxy) is 3. The van der Waals surface area contributed by atoms with Crippen molar-refractivity contribution in [2.24, 2.45) is 5.92 Å². The van der Waals surface area contributed by atoms with Crippen LogP contribution < -0.4 is 30.8 Å². The van der Waals surface area contributed by atoms with Crippen molar-refractivity contribution in [3.63, 3.8) is 0 Å². The molecule has 192 valence electrons. The number of benzene rings is 2. The average molecular weight is 504 g/mol. The van der Waals surface area contributed by atoms with Crippen LogP contribution in [-0.2, 0) is 9.53 Å². The molecule has 1 saturated carbocycles. The van der Waals surface area contributed by atoms with E-state index in [4.69, 9.17) is 14.2 Å². The van der Waals surface area contributed by atoms with E-state index in [0.29, 0.717) is 47.7 Å². The number of nitrogens with one attached hydrogen (secondary N) is 4. The lowest BCUT2D eigenvalue weighted by Gasteiger charge is -2.24. The van der Waals surface area contributed by atoms with Crippen LogP contribution >= 0.6 is 0 Å². The molecule has 1 aliphatic carbocycles. The molecule has 2 heterocycles. The number of allylic oxidation sites excluding steroid dienone is 2. The summed E-state index contributed by atoms with van der Waals surface area (Å²) >= 11 is 0. The van der Waals surface area contributed by atoms with Crippen LogP contribution in [0.25, 0.3) is 0 Å². The largest absolute Gasteiger partial charge is 0.491 e. The molecule has 2 aromatic carbocycles. The zero-order valence-corrected chi connectivity index (χ0v) is 20.7. The van der Waals surface area contributed by atoms with Gasteiger partial charge in [0.25, 0.3) is 5.91 Å². The van der Waals surface area contributed by atoms with E-state index < -0.39 is 0 Å². The molecule has 0 unspecified atom stereocenters. The van der Waals surface area contributed by atoms with Crippen LogP contribution in [0.3, 0.4) is 0 Å². The van der Waals surface area contributed by atoms with E-state index in [2.05, 4.69) is 21.4 Å². The van der Waals surface area contributed by atoms with E-state index in [-0.39, 0.29) is 17.7 Å². The number of hydrogen-bond acceptors (Lipinski definition) is 8. The number of nitrogens with zero attached hydrogens (tertiary/aromatic N) is 1. The second-order valence-electron chi connectivity index (χ2n) is 8.90. The second kappa shape index (κ2) is 10.7. The number of fused-ring (bicyclic) bond motifs is 1. The molecule has 2 aromatic rings. The molecular formula is C27H29N5O5. The number of amides is 2. The van der Waals surface area contributed by atoms with Crippen molar-refractivity contribution in [2.75, 3.05) is 25.6 Å². The second-order valence-corrected chi connectivity index (χ2v) is 8.90. The van der Waals surface area contributed by atoms with Gasteiger partial charge in [-0.05, 0) is 55.7 Å².